The number of nitrogens with one attached hydrogen (secondary N) is 1. The highest BCUT2D eigenvalue weighted by Crippen LogP contribution is 2.26. The summed E-state index contributed by atoms with van der Waals surface area (Å²) in [6.45, 7) is 3.99. The number of aliphatic hydroxyl groups is 1. The van der Waals surface area contributed by atoms with Gasteiger partial charge in [0.1, 0.15) is 12.0 Å². The van der Waals surface area contributed by atoms with Crippen molar-refractivity contribution in [1.29, 1.82) is 0 Å². The van der Waals surface area contributed by atoms with Gasteiger partial charge in [-0.3, -0.25) is 4.57 Å². The first-order chi connectivity index (χ1) is 8.74. The zero-order valence-corrected chi connectivity index (χ0v) is 11.1. The smallest absolute Gasteiger partial charge is 0.351 e. The van der Waals surface area contributed by atoms with E-state index in [1.54, 1.807) is 19.3 Å². The van der Waals surface area contributed by atoms with Gasteiger partial charge in [-0.2, -0.15) is 4.98 Å². The van der Waals surface area contributed by atoms with E-state index in [0.717, 1.165) is 12.8 Å². The van der Waals surface area contributed by atoms with E-state index in [9.17, 15) is 4.79 Å². The average Bonchev–Trinajstić information content (AvgIpc) is 2.89. The maximum Gasteiger partial charge on any atom is 0.351 e. The Morgan fingerprint density at radius 2 is 2.28 bits per heavy atom. The molecule has 1 aliphatic heterocycles. The first kappa shape index (κ1) is 14.7. The van der Waals surface area contributed by atoms with Gasteiger partial charge in [0.05, 0.1) is 12.7 Å². The summed E-state index contributed by atoms with van der Waals surface area (Å²) in [6, 6.07) is 1.72. The Bertz CT molecular complexity index is 419. The minimum Gasteiger partial charge on any atom is -0.394 e. The number of aliphatic hydroxyl groups excluding tert-OH is 1. The predicted molar refractivity (Wildman–Crippen MR) is 69.6 cm³/mol. The third kappa shape index (κ3) is 3.30. The van der Waals surface area contributed by atoms with E-state index < -0.39 is 0 Å². The SMILES string of the molecule is CC.CNc1ccn(C2CCC(CO)O2)c(=O)n1. The van der Waals surface area contributed by atoms with Crippen molar-refractivity contribution >= 4 is 5.82 Å². The van der Waals surface area contributed by atoms with Crippen LogP contribution in [0.25, 0.3) is 0 Å². The molecule has 102 valence electrons. The number of aromatic nitrogens is 2. The fourth-order valence-corrected chi connectivity index (χ4v) is 1.80. The topological polar surface area (TPSA) is 76.4 Å². The summed E-state index contributed by atoms with van der Waals surface area (Å²) in [5, 5.41) is 11.7. The second-order valence-corrected chi connectivity index (χ2v) is 3.73. The minimum atomic E-state index is -0.338. The molecule has 18 heavy (non-hydrogen) atoms. The van der Waals surface area contributed by atoms with Crippen LogP contribution in [0.5, 0.6) is 0 Å². The van der Waals surface area contributed by atoms with Crippen LogP contribution < -0.4 is 11.0 Å². The Labute approximate surface area is 107 Å². The maximum atomic E-state index is 11.7. The number of nitrogens with zero attached hydrogens (tertiary/aromatic N) is 2. The van der Waals surface area contributed by atoms with Gasteiger partial charge in [0.2, 0.25) is 0 Å². The van der Waals surface area contributed by atoms with Crippen LogP contribution in [-0.4, -0.2) is 34.4 Å². The van der Waals surface area contributed by atoms with E-state index in [4.69, 9.17) is 9.84 Å². The fraction of sp³-hybridized carbons (Fsp3) is 0.667. The van der Waals surface area contributed by atoms with Gasteiger partial charge in [-0.15, -0.1) is 0 Å². The zero-order valence-electron chi connectivity index (χ0n) is 11.1. The summed E-state index contributed by atoms with van der Waals surface area (Å²) in [5.74, 6) is 0.540. The lowest BCUT2D eigenvalue weighted by Gasteiger charge is -2.14. The summed E-state index contributed by atoms with van der Waals surface area (Å²) >= 11 is 0. The van der Waals surface area contributed by atoms with E-state index >= 15 is 0 Å². The van der Waals surface area contributed by atoms with Crippen LogP contribution in [0, 0.1) is 0 Å². The molecular formula is C12H21N3O3. The summed E-state index contributed by atoms with van der Waals surface area (Å²) in [6.07, 6.45) is 2.68. The van der Waals surface area contributed by atoms with Crippen LogP contribution in [0.3, 0.4) is 0 Å². The first-order valence-electron chi connectivity index (χ1n) is 6.28. The highest BCUT2D eigenvalue weighted by molar-refractivity contribution is 5.30. The van der Waals surface area contributed by atoms with Gasteiger partial charge in [-0.1, -0.05) is 13.8 Å². The van der Waals surface area contributed by atoms with Crippen LogP contribution in [0.1, 0.15) is 32.9 Å². The second-order valence-electron chi connectivity index (χ2n) is 3.73. The van der Waals surface area contributed by atoms with Crippen LogP contribution in [0.2, 0.25) is 0 Å². The number of ether oxygens (including phenoxy) is 1. The standard InChI is InChI=1S/C10H15N3O3.C2H6/c1-11-8-4-5-13(10(15)12-8)9-3-2-7(6-14)16-9;1-2/h4-5,7,9,14H,2-3,6H2,1H3,(H,11,12,15);1-2H3. The first-order valence-corrected chi connectivity index (χ1v) is 6.28. The molecule has 0 amide bonds. The molecular weight excluding hydrogens is 234 g/mol. The van der Waals surface area contributed by atoms with Crippen LogP contribution >= 0.6 is 0 Å². The molecule has 1 fully saturated rings. The summed E-state index contributed by atoms with van der Waals surface area (Å²) in [5.41, 5.74) is -0.338. The zero-order chi connectivity index (χ0) is 13.5. The molecule has 0 aromatic carbocycles. The summed E-state index contributed by atoms with van der Waals surface area (Å²) in [4.78, 5) is 15.5. The highest BCUT2D eigenvalue weighted by atomic mass is 16.5. The van der Waals surface area contributed by atoms with Gasteiger partial charge < -0.3 is 15.2 Å². The quantitative estimate of drug-likeness (QED) is 0.842. The Hall–Kier alpha value is -1.40. The van der Waals surface area contributed by atoms with Crippen molar-refractivity contribution in [3.05, 3.63) is 22.7 Å². The normalized spacial score (nSPS) is 22.2. The monoisotopic (exact) mass is 255 g/mol. The van der Waals surface area contributed by atoms with Crippen molar-refractivity contribution in [2.24, 2.45) is 0 Å². The molecule has 6 nitrogen and oxygen atoms in total. The van der Waals surface area contributed by atoms with Crippen LogP contribution in [0.15, 0.2) is 17.1 Å². The number of hydrogen-bond acceptors (Lipinski definition) is 5. The lowest BCUT2D eigenvalue weighted by Crippen LogP contribution is -2.27. The molecule has 2 rings (SSSR count). The molecule has 2 atom stereocenters. The van der Waals surface area contributed by atoms with Gasteiger partial charge in [0.15, 0.2) is 0 Å². The van der Waals surface area contributed by atoms with E-state index in [1.165, 1.54) is 4.57 Å². The largest absolute Gasteiger partial charge is 0.394 e. The van der Waals surface area contributed by atoms with Crippen molar-refractivity contribution < 1.29 is 9.84 Å². The highest BCUT2D eigenvalue weighted by Gasteiger charge is 2.26. The van der Waals surface area contributed by atoms with E-state index in [-0.39, 0.29) is 24.6 Å². The van der Waals surface area contributed by atoms with E-state index in [1.807, 2.05) is 13.8 Å². The van der Waals surface area contributed by atoms with Crippen LogP contribution in [-0.2, 0) is 4.74 Å². The molecule has 1 aromatic rings. The molecule has 0 spiro atoms. The summed E-state index contributed by atoms with van der Waals surface area (Å²) < 4.78 is 6.96. The molecule has 0 radical (unpaired) electrons. The Kier molecular flexibility index (Phi) is 5.80. The Balaban J connectivity index is 0.000000771. The fourth-order valence-electron chi connectivity index (χ4n) is 1.80. The minimum absolute atomic E-state index is 0.00667. The van der Waals surface area contributed by atoms with Crippen molar-refractivity contribution in [2.75, 3.05) is 19.0 Å². The van der Waals surface area contributed by atoms with Crippen LogP contribution in [0.4, 0.5) is 5.82 Å². The van der Waals surface area contributed by atoms with Gasteiger partial charge in [-0.05, 0) is 18.9 Å². The molecule has 1 saturated heterocycles. The van der Waals surface area contributed by atoms with E-state index in [2.05, 4.69) is 10.3 Å². The van der Waals surface area contributed by atoms with Crippen molar-refractivity contribution in [3.8, 4) is 0 Å². The number of anilines is 1. The molecule has 2 heterocycles. The van der Waals surface area contributed by atoms with Gasteiger partial charge in [-0.25, -0.2) is 4.79 Å². The Morgan fingerprint density at radius 1 is 1.56 bits per heavy atom. The molecule has 6 heteroatoms. The second kappa shape index (κ2) is 7.13. The molecule has 1 aromatic heterocycles. The molecule has 1 aliphatic rings. The molecule has 2 unspecified atom stereocenters. The van der Waals surface area contributed by atoms with Crippen molar-refractivity contribution in [1.82, 2.24) is 9.55 Å². The van der Waals surface area contributed by atoms with Gasteiger partial charge in [0, 0.05) is 13.2 Å². The predicted octanol–water partition coefficient (Wildman–Crippen LogP) is 0.981. The molecule has 0 saturated carbocycles. The lowest BCUT2D eigenvalue weighted by atomic mass is 10.2. The van der Waals surface area contributed by atoms with Crippen molar-refractivity contribution in [3.63, 3.8) is 0 Å². The molecule has 2 N–H and O–H groups in total. The number of rotatable bonds is 3. The third-order valence-corrected chi connectivity index (χ3v) is 2.69. The maximum absolute atomic E-state index is 11.7. The third-order valence-electron chi connectivity index (χ3n) is 2.69. The van der Waals surface area contributed by atoms with Gasteiger partial charge in [0.25, 0.3) is 0 Å². The lowest BCUT2D eigenvalue weighted by molar-refractivity contribution is -0.0245. The van der Waals surface area contributed by atoms with E-state index in [0.29, 0.717) is 5.82 Å². The average molecular weight is 255 g/mol. The van der Waals surface area contributed by atoms with Crippen molar-refractivity contribution in [2.45, 2.75) is 39.0 Å². The number of hydrogen-bond donors (Lipinski definition) is 2. The summed E-state index contributed by atoms with van der Waals surface area (Å²) in [7, 11) is 1.71. The Morgan fingerprint density at radius 3 is 2.78 bits per heavy atom. The molecule has 0 bridgehead atoms. The van der Waals surface area contributed by atoms with Gasteiger partial charge >= 0.3 is 5.69 Å². The molecule has 0 aliphatic carbocycles.